The zero-order chi connectivity index (χ0) is 7.98. The van der Waals surface area contributed by atoms with Gasteiger partial charge in [0.05, 0.1) is 17.2 Å². The van der Waals surface area contributed by atoms with Crippen molar-refractivity contribution in [1.82, 2.24) is 0 Å². The fourth-order valence-electron chi connectivity index (χ4n) is 0.439. The minimum Gasteiger partial charge on any atom is -0.255 e. The molecule has 0 amide bonds. The molecule has 0 aromatic heterocycles. The second kappa shape index (κ2) is 5.51. The van der Waals surface area contributed by atoms with Crippen molar-refractivity contribution in [2.24, 2.45) is 0 Å². The Balaban J connectivity index is 0.000000371. The molecular weight excluding hydrogens is 174 g/mol. The molecule has 0 saturated heterocycles. The lowest BCUT2D eigenvalue weighted by Crippen LogP contribution is -1.62. The molecule has 56 valence electrons. The van der Waals surface area contributed by atoms with Gasteiger partial charge in [-0.2, -0.15) is 0 Å². The van der Waals surface area contributed by atoms with Crippen LogP contribution < -0.4 is 0 Å². The van der Waals surface area contributed by atoms with Crippen molar-refractivity contribution in [3.8, 4) is 0 Å². The third-order valence-corrected chi connectivity index (χ3v) is 1.58. The summed E-state index contributed by atoms with van der Waals surface area (Å²) in [4.78, 5) is 0. The zero-order valence-electron chi connectivity index (χ0n) is 5.44. The molecule has 0 atom stereocenters. The molecule has 0 nitrogen and oxygen atoms in total. The Morgan fingerprint density at radius 1 is 1.00 bits per heavy atom. The molecule has 1 aromatic carbocycles. The molecule has 0 aliphatic carbocycles. The summed E-state index contributed by atoms with van der Waals surface area (Å²) in [6.45, 7) is 0. The molecule has 0 unspecified atom stereocenters. The second-order valence-electron chi connectivity index (χ2n) is 1.41. The standard InChI is InChI=1S/C6H4Cl2.CH3F/c7-5-3-1-2-4-6(5)8;1-2/h1-4H;1H3. The first-order valence-electron chi connectivity index (χ1n) is 2.58. The molecule has 1 aromatic rings. The lowest BCUT2D eigenvalue weighted by atomic mass is 10.4. The predicted octanol–water partition coefficient (Wildman–Crippen LogP) is 3.58. The lowest BCUT2D eigenvalue weighted by molar-refractivity contribution is 0.636. The van der Waals surface area contributed by atoms with Gasteiger partial charge in [0.2, 0.25) is 0 Å². The van der Waals surface area contributed by atoms with Gasteiger partial charge in [0.15, 0.2) is 0 Å². The molecule has 0 aliphatic heterocycles. The largest absolute Gasteiger partial charge is 0.255 e. The average molecular weight is 181 g/mol. The van der Waals surface area contributed by atoms with Crippen molar-refractivity contribution in [2.75, 3.05) is 7.18 Å². The molecule has 1 rings (SSSR count). The first-order chi connectivity index (χ1) is 4.80. The minimum atomic E-state index is 0.500. The van der Waals surface area contributed by atoms with Gasteiger partial charge in [0, 0.05) is 0 Å². The van der Waals surface area contributed by atoms with E-state index in [1.807, 2.05) is 12.1 Å². The summed E-state index contributed by atoms with van der Waals surface area (Å²) in [6.07, 6.45) is 0. The van der Waals surface area contributed by atoms with Crippen LogP contribution in [-0.4, -0.2) is 7.18 Å². The molecule has 0 heterocycles. The summed E-state index contributed by atoms with van der Waals surface area (Å²) >= 11 is 11.2. The maximum atomic E-state index is 9.50. The zero-order valence-corrected chi connectivity index (χ0v) is 6.96. The molecular formula is C7H7Cl2F. The van der Waals surface area contributed by atoms with E-state index in [1.54, 1.807) is 12.1 Å². The van der Waals surface area contributed by atoms with Crippen LogP contribution >= 0.6 is 23.2 Å². The van der Waals surface area contributed by atoms with Gasteiger partial charge in [-0.05, 0) is 12.1 Å². The number of hydrogen-bond donors (Lipinski definition) is 0. The van der Waals surface area contributed by atoms with Crippen LogP contribution in [0, 0.1) is 0 Å². The Morgan fingerprint density at radius 3 is 1.50 bits per heavy atom. The third kappa shape index (κ3) is 3.04. The lowest BCUT2D eigenvalue weighted by Gasteiger charge is -1.88. The Hall–Kier alpha value is -0.270. The van der Waals surface area contributed by atoms with Crippen molar-refractivity contribution in [2.45, 2.75) is 0 Å². The van der Waals surface area contributed by atoms with Gasteiger partial charge in [-0.15, -0.1) is 0 Å². The molecule has 3 heteroatoms. The maximum Gasteiger partial charge on any atom is 0.0785 e. The average Bonchev–Trinajstić information content (AvgIpc) is 2.00. The first kappa shape index (κ1) is 9.73. The molecule has 0 spiro atoms. The number of hydrogen-bond acceptors (Lipinski definition) is 0. The van der Waals surface area contributed by atoms with Gasteiger partial charge in [-0.1, -0.05) is 35.3 Å². The van der Waals surface area contributed by atoms with E-state index in [2.05, 4.69) is 0 Å². The normalized spacial score (nSPS) is 8.00. The minimum absolute atomic E-state index is 0.500. The van der Waals surface area contributed by atoms with Crippen LogP contribution in [-0.2, 0) is 0 Å². The summed E-state index contributed by atoms with van der Waals surface area (Å²) in [5.74, 6) is 0. The van der Waals surface area contributed by atoms with Crippen LogP contribution in [0.25, 0.3) is 0 Å². The molecule has 10 heavy (non-hydrogen) atoms. The van der Waals surface area contributed by atoms with E-state index in [4.69, 9.17) is 23.2 Å². The Labute approximate surface area is 69.6 Å². The molecule has 0 radical (unpaired) electrons. The number of rotatable bonds is 0. The van der Waals surface area contributed by atoms with E-state index in [-0.39, 0.29) is 0 Å². The third-order valence-electron chi connectivity index (χ3n) is 0.824. The number of alkyl halides is 1. The Kier molecular flexibility index (Phi) is 5.36. The van der Waals surface area contributed by atoms with Gasteiger partial charge in [-0.3, -0.25) is 4.39 Å². The fourth-order valence-corrected chi connectivity index (χ4v) is 0.711. The second-order valence-corrected chi connectivity index (χ2v) is 2.23. The van der Waals surface area contributed by atoms with E-state index >= 15 is 0 Å². The maximum absolute atomic E-state index is 9.50. The topological polar surface area (TPSA) is 0 Å². The predicted molar refractivity (Wildman–Crippen MR) is 43.5 cm³/mol. The number of halogens is 3. The SMILES string of the molecule is CF.Clc1ccccc1Cl. The number of benzene rings is 1. The monoisotopic (exact) mass is 180 g/mol. The highest BCUT2D eigenvalue weighted by molar-refractivity contribution is 6.41. The summed E-state index contributed by atoms with van der Waals surface area (Å²) < 4.78 is 9.50. The highest BCUT2D eigenvalue weighted by Gasteiger charge is 1.89. The van der Waals surface area contributed by atoms with Crippen LogP contribution in [0.3, 0.4) is 0 Å². The quantitative estimate of drug-likeness (QED) is 0.573. The Morgan fingerprint density at radius 2 is 1.30 bits per heavy atom. The van der Waals surface area contributed by atoms with Gasteiger partial charge >= 0.3 is 0 Å². The molecule has 0 fully saturated rings. The summed E-state index contributed by atoms with van der Waals surface area (Å²) in [5.41, 5.74) is 0. The summed E-state index contributed by atoms with van der Waals surface area (Å²) in [7, 11) is 0.500. The molecule has 0 bridgehead atoms. The van der Waals surface area contributed by atoms with Crippen LogP contribution in [0.5, 0.6) is 0 Å². The highest BCUT2D eigenvalue weighted by Crippen LogP contribution is 2.19. The first-order valence-corrected chi connectivity index (χ1v) is 3.34. The Bertz CT molecular complexity index is 168. The van der Waals surface area contributed by atoms with Crippen LogP contribution in [0.15, 0.2) is 24.3 Å². The van der Waals surface area contributed by atoms with Crippen LogP contribution in [0.4, 0.5) is 4.39 Å². The van der Waals surface area contributed by atoms with Crippen LogP contribution in [0.2, 0.25) is 10.0 Å². The van der Waals surface area contributed by atoms with Crippen molar-refractivity contribution in [3.63, 3.8) is 0 Å². The van der Waals surface area contributed by atoms with E-state index in [1.165, 1.54) is 0 Å². The van der Waals surface area contributed by atoms with E-state index in [0.717, 1.165) is 0 Å². The van der Waals surface area contributed by atoms with Crippen molar-refractivity contribution in [1.29, 1.82) is 0 Å². The molecule has 0 N–H and O–H groups in total. The van der Waals surface area contributed by atoms with Crippen molar-refractivity contribution in [3.05, 3.63) is 34.3 Å². The van der Waals surface area contributed by atoms with E-state index in [0.29, 0.717) is 17.2 Å². The summed E-state index contributed by atoms with van der Waals surface area (Å²) in [5, 5.41) is 1.21. The highest BCUT2D eigenvalue weighted by atomic mass is 35.5. The molecule has 0 aliphatic rings. The van der Waals surface area contributed by atoms with Crippen LogP contribution in [0.1, 0.15) is 0 Å². The van der Waals surface area contributed by atoms with Crippen molar-refractivity contribution < 1.29 is 4.39 Å². The van der Waals surface area contributed by atoms with Gasteiger partial charge in [0.25, 0.3) is 0 Å². The van der Waals surface area contributed by atoms with Crippen molar-refractivity contribution >= 4 is 23.2 Å². The van der Waals surface area contributed by atoms with E-state index < -0.39 is 0 Å². The summed E-state index contributed by atoms with van der Waals surface area (Å²) in [6, 6.07) is 7.19. The van der Waals surface area contributed by atoms with Gasteiger partial charge < -0.3 is 0 Å². The van der Waals surface area contributed by atoms with E-state index in [9.17, 15) is 4.39 Å². The smallest absolute Gasteiger partial charge is 0.0785 e. The molecule has 0 saturated carbocycles. The van der Waals surface area contributed by atoms with Gasteiger partial charge in [0.1, 0.15) is 0 Å². The fraction of sp³-hybridized carbons (Fsp3) is 0.143. The van der Waals surface area contributed by atoms with Gasteiger partial charge in [-0.25, -0.2) is 0 Å².